The third-order valence-electron chi connectivity index (χ3n) is 4.01. The highest BCUT2D eigenvalue weighted by atomic mass is 16.3. The van der Waals surface area contributed by atoms with Gasteiger partial charge in [0.05, 0.1) is 11.9 Å². The van der Waals surface area contributed by atoms with E-state index in [0.717, 1.165) is 25.7 Å². The van der Waals surface area contributed by atoms with Crippen LogP contribution in [0.3, 0.4) is 0 Å². The Labute approximate surface area is 113 Å². The summed E-state index contributed by atoms with van der Waals surface area (Å²) < 4.78 is 5.13. The van der Waals surface area contributed by atoms with Gasteiger partial charge >= 0.3 is 0 Å². The molecule has 106 valence electrons. The van der Waals surface area contributed by atoms with Crippen LogP contribution in [-0.2, 0) is 6.54 Å². The fraction of sp³-hybridized carbons (Fsp3) is 0.643. The quantitative estimate of drug-likeness (QED) is 0.751. The summed E-state index contributed by atoms with van der Waals surface area (Å²) in [5.41, 5.74) is 5.34. The van der Waals surface area contributed by atoms with Gasteiger partial charge in [0.1, 0.15) is 0 Å². The van der Waals surface area contributed by atoms with Crippen molar-refractivity contribution in [1.29, 1.82) is 0 Å². The zero-order valence-corrected chi connectivity index (χ0v) is 11.3. The average Bonchev–Trinajstić information content (AvgIpc) is 3.06. The molecule has 1 aliphatic rings. The number of carbonyl (C=O) groups is 1. The molecule has 0 saturated heterocycles. The van der Waals surface area contributed by atoms with Crippen molar-refractivity contribution < 1.29 is 14.3 Å². The Morgan fingerprint density at radius 1 is 1.58 bits per heavy atom. The van der Waals surface area contributed by atoms with Crippen LogP contribution >= 0.6 is 0 Å². The van der Waals surface area contributed by atoms with E-state index < -0.39 is 5.60 Å². The minimum atomic E-state index is -0.859. The lowest BCUT2D eigenvalue weighted by Gasteiger charge is -2.30. The molecule has 0 aromatic carbocycles. The van der Waals surface area contributed by atoms with Crippen molar-refractivity contribution in [3.8, 4) is 0 Å². The maximum atomic E-state index is 12.0. The van der Waals surface area contributed by atoms with Gasteiger partial charge in [-0.1, -0.05) is 12.8 Å². The number of furan rings is 1. The normalized spacial score (nSPS) is 19.3. The molecular formula is C14H22N2O3. The van der Waals surface area contributed by atoms with Gasteiger partial charge < -0.3 is 20.6 Å². The summed E-state index contributed by atoms with van der Waals surface area (Å²) in [6.07, 6.45) is 5.82. The maximum Gasteiger partial charge on any atom is 0.287 e. The molecule has 1 aromatic rings. The second kappa shape index (κ2) is 5.75. The first-order chi connectivity index (χ1) is 9.04. The lowest BCUT2D eigenvalue weighted by atomic mass is 9.87. The van der Waals surface area contributed by atoms with Crippen LogP contribution in [0.15, 0.2) is 16.7 Å². The van der Waals surface area contributed by atoms with Crippen LogP contribution in [0.2, 0.25) is 0 Å². The van der Waals surface area contributed by atoms with E-state index in [9.17, 15) is 9.90 Å². The molecule has 2 rings (SSSR count). The van der Waals surface area contributed by atoms with Gasteiger partial charge in [-0.2, -0.15) is 0 Å². The number of nitrogens with two attached hydrogens (primary N) is 1. The third kappa shape index (κ3) is 3.16. The van der Waals surface area contributed by atoms with Gasteiger partial charge in [0.25, 0.3) is 5.91 Å². The molecule has 1 aliphatic carbocycles. The second-order valence-corrected chi connectivity index (χ2v) is 5.50. The van der Waals surface area contributed by atoms with Gasteiger partial charge in [0.15, 0.2) is 5.76 Å². The highest BCUT2D eigenvalue weighted by Crippen LogP contribution is 2.33. The summed E-state index contributed by atoms with van der Waals surface area (Å²) in [7, 11) is 0. The smallest absolute Gasteiger partial charge is 0.287 e. The molecule has 1 amide bonds. The summed E-state index contributed by atoms with van der Waals surface area (Å²) in [5, 5.41) is 13.2. The highest BCUT2D eigenvalue weighted by molar-refractivity contribution is 5.92. The number of amides is 1. The van der Waals surface area contributed by atoms with Crippen molar-refractivity contribution in [1.82, 2.24) is 5.32 Å². The van der Waals surface area contributed by atoms with Crippen LogP contribution in [0.25, 0.3) is 0 Å². The molecule has 1 saturated carbocycles. The van der Waals surface area contributed by atoms with E-state index in [-0.39, 0.29) is 30.7 Å². The van der Waals surface area contributed by atoms with Gasteiger partial charge in [0.2, 0.25) is 0 Å². The van der Waals surface area contributed by atoms with E-state index in [2.05, 4.69) is 5.32 Å². The number of hydrogen-bond donors (Lipinski definition) is 3. The molecule has 0 radical (unpaired) electrons. The summed E-state index contributed by atoms with van der Waals surface area (Å²) in [5.74, 6) is 0.187. The average molecular weight is 266 g/mol. The van der Waals surface area contributed by atoms with Crippen molar-refractivity contribution >= 4 is 5.91 Å². The molecule has 1 aromatic heterocycles. The van der Waals surface area contributed by atoms with E-state index in [1.54, 1.807) is 13.0 Å². The van der Waals surface area contributed by atoms with Crippen LogP contribution in [0, 0.1) is 5.92 Å². The number of nitrogens with one attached hydrogen (secondary N) is 1. The molecule has 1 fully saturated rings. The van der Waals surface area contributed by atoms with Crippen LogP contribution in [-0.4, -0.2) is 23.2 Å². The Balaban J connectivity index is 1.92. The van der Waals surface area contributed by atoms with Crippen molar-refractivity contribution in [2.24, 2.45) is 11.7 Å². The van der Waals surface area contributed by atoms with Crippen molar-refractivity contribution in [2.45, 2.75) is 44.8 Å². The number of rotatable bonds is 5. The standard InChI is InChI=1S/C14H22N2O3/c1-14(18,11-4-2-3-5-11)9-16-13(17)12-10(8-15)6-7-19-12/h6-7,11,18H,2-5,8-9,15H2,1H3,(H,16,17). The SMILES string of the molecule is CC(O)(CNC(=O)c1occc1CN)C1CCCC1. The molecule has 4 N–H and O–H groups in total. The molecular weight excluding hydrogens is 244 g/mol. The van der Waals surface area contributed by atoms with E-state index in [1.807, 2.05) is 0 Å². The Bertz CT molecular complexity index is 434. The lowest BCUT2D eigenvalue weighted by Crippen LogP contribution is -2.45. The second-order valence-electron chi connectivity index (χ2n) is 5.50. The predicted molar refractivity (Wildman–Crippen MR) is 71.5 cm³/mol. The first kappa shape index (κ1) is 14.1. The Hall–Kier alpha value is -1.33. The molecule has 0 bridgehead atoms. The lowest BCUT2D eigenvalue weighted by molar-refractivity contribution is 0.00261. The summed E-state index contributed by atoms with van der Waals surface area (Å²) >= 11 is 0. The molecule has 0 spiro atoms. The molecule has 5 heteroatoms. The monoisotopic (exact) mass is 266 g/mol. The zero-order chi connectivity index (χ0) is 13.9. The Morgan fingerprint density at radius 2 is 2.26 bits per heavy atom. The minimum absolute atomic E-state index is 0.237. The largest absolute Gasteiger partial charge is 0.459 e. The van der Waals surface area contributed by atoms with Crippen LogP contribution < -0.4 is 11.1 Å². The number of hydrogen-bond acceptors (Lipinski definition) is 4. The Kier molecular flexibility index (Phi) is 4.27. The van der Waals surface area contributed by atoms with Gasteiger partial charge in [-0.15, -0.1) is 0 Å². The van der Waals surface area contributed by atoms with Gasteiger partial charge in [-0.05, 0) is 31.7 Å². The first-order valence-corrected chi connectivity index (χ1v) is 6.81. The van der Waals surface area contributed by atoms with E-state index in [0.29, 0.717) is 5.56 Å². The summed E-state index contributed by atoms with van der Waals surface area (Å²) in [6, 6.07) is 1.68. The van der Waals surface area contributed by atoms with Gasteiger partial charge in [-0.25, -0.2) is 0 Å². The number of carbonyl (C=O) groups excluding carboxylic acids is 1. The van der Waals surface area contributed by atoms with Gasteiger partial charge in [0, 0.05) is 18.7 Å². The first-order valence-electron chi connectivity index (χ1n) is 6.81. The van der Waals surface area contributed by atoms with E-state index in [1.165, 1.54) is 6.26 Å². The highest BCUT2D eigenvalue weighted by Gasteiger charge is 2.34. The zero-order valence-electron chi connectivity index (χ0n) is 11.3. The van der Waals surface area contributed by atoms with Crippen LogP contribution in [0.5, 0.6) is 0 Å². The van der Waals surface area contributed by atoms with E-state index in [4.69, 9.17) is 10.2 Å². The van der Waals surface area contributed by atoms with E-state index >= 15 is 0 Å². The Morgan fingerprint density at radius 3 is 2.89 bits per heavy atom. The van der Waals surface area contributed by atoms with Crippen molar-refractivity contribution in [2.75, 3.05) is 6.54 Å². The predicted octanol–water partition coefficient (Wildman–Crippen LogP) is 1.41. The van der Waals surface area contributed by atoms with Crippen molar-refractivity contribution in [3.63, 3.8) is 0 Å². The molecule has 5 nitrogen and oxygen atoms in total. The molecule has 19 heavy (non-hydrogen) atoms. The van der Waals surface area contributed by atoms with Crippen LogP contribution in [0.1, 0.15) is 48.7 Å². The summed E-state index contributed by atoms with van der Waals surface area (Å²) in [6.45, 7) is 2.29. The molecule has 1 unspecified atom stereocenters. The number of aliphatic hydroxyl groups is 1. The van der Waals surface area contributed by atoms with Crippen LogP contribution in [0.4, 0.5) is 0 Å². The minimum Gasteiger partial charge on any atom is -0.459 e. The molecule has 1 atom stereocenters. The topological polar surface area (TPSA) is 88.5 Å². The maximum absolute atomic E-state index is 12.0. The van der Waals surface area contributed by atoms with Gasteiger partial charge in [-0.3, -0.25) is 4.79 Å². The third-order valence-corrected chi connectivity index (χ3v) is 4.01. The van der Waals surface area contributed by atoms with Crippen molar-refractivity contribution in [3.05, 3.63) is 23.7 Å². The fourth-order valence-electron chi connectivity index (χ4n) is 2.73. The molecule has 1 heterocycles. The fourth-order valence-corrected chi connectivity index (χ4v) is 2.73. The molecule has 0 aliphatic heterocycles. The summed E-state index contributed by atoms with van der Waals surface area (Å²) in [4.78, 5) is 12.0.